The number of amides is 2. The normalized spacial score (nSPS) is 11.5. The molecule has 1 unspecified atom stereocenters. The number of nitrogens with zero attached hydrogens (tertiary/aromatic N) is 1. The Balaban J connectivity index is 1.90. The van der Waals surface area contributed by atoms with Gasteiger partial charge in [-0.05, 0) is 17.7 Å². The van der Waals surface area contributed by atoms with Gasteiger partial charge in [-0.3, -0.25) is 14.6 Å². The van der Waals surface area contributed by atoms with Gasteiger partial charge in [0.25, 0.3) is 5.91 Å². The summed E-state index contributed by atoms with van der Waals surface area (Å²) >= 11 is 0. The highest BCUT2D eigenvalue weighted by molar-refractivity contribution is 5.97. The van der Waals surface area contributed by atoms with Gasteiger partial charge < -0.3 is 15.7 Å². The number of hydrogen-bond acceptors (Lipinski definition) is 4. The number of aliphatic hydroxyl groups excluding tert-OH is 1. The van der Waals surface area contributed by atoms with Crippen LogP contribution in [0.5, 0.6) is 0 Å². The van der Waals surface area contributed by atoms with E-state index in [1.165, 1.54) is 24.5 Å². The Labute approximate surface area is 128 Å². The molecule has 1 atom stereocenters. The molecule has 0 aliphatic carbocycles. The van der Waals surface area contributed by atoms with Gasteiger partial charge in [-0.2, -0.15) is 0 Å². The van der Waals surface area contributed by atoms with Crippen molar-refractivity contribution in [3.8, 4) is 0 Å². The molecule has 3 N–H and O–H groups in total. The molecular formula is C16H17N3O3. The fourth-order valence-electron chi connectivity index (χ4n) is 1.85. The van der Waals surface area contributed by atoms with E-state index in [1.54, 1.807) is 0 Å². The lowest BCUT2D eigenvalue weighted by molar-refractivity contribution is -0.124. The molecule has 2 rings (SSSR count). The minimum Gasteiger partial charge on any atom is -0.394 e. The highest BCUT2D eigenvalue weighted by Crippen LogP contribution is 1.99. The van der Waals surface area contributed by atoms with Crippen LogP contribution in [-0.2, 0) is 11.3 Å². The van der Waals surface area contributed by atoms with Crippen molar-refractivity contribution < 1.29 is 14.7 Å². The lowest BCUT2D eigenvalue weighted by Gasteiger charge is -2.16. The summed E-state index contributed by atoms with van der Waals surface area (Å²) in [5.74, 6) is -0.870. The second-order valence-electron chi connectivity index (χ2n) is 4.65. The summed E-state index contributed by atoms with van der Waals surface area (Å²) in [5.41, 5.74) is 1.32. The van der Waals surface area contributed by atoms with E-state index in [2.05, 4.69) is 15.6 Å². The summed E-state index contributed by atoms with van der Waals surface area (Å²) in [6.07, 6.45) is 2.97. The minimum atomic E-state index is -0.996. The van der Waals surface area contributed by atoms with E-state index < -0.39 is 24.5 Å². The van der Waals surface area contributed by atoms with Gasteiger partial charge in [0, 0.05) is 24.5 Å². The zero-order chi connectivity index (χ0) is 15.8. The maximum atomic E-state index is 12.0. The number of nitrogens with one attached hydrogen (secondary N) is 2. The van der Waals surface area contributed by atoms with Crippen molar-refractivity contribution in [1.82, 2.24) is 15.6 Å². The fourth-order valence-corrected chi connectivity index (χ4v) is 1.85. The van der Waals surface area contributed by atoms with Crippen LogP contribution in [0.2, 0.25) is 0 Å². The molecule has 22 heavy (non-hydrogen) atoms. The molecule has 0 radical (unpaired) electrons. The van der Waals surface area contributed by atoms with Gasteiger partial charge in [-0.25, -0.2) is 0 Å². The van der Waals surface area contributed by atoms with E-state index in [0.717, 1.165) is 5.56 Å². The second kappa shape index (κ2) is 7.90. The molecule has 0 aliphatic heterocycles. The lowest BCUT2D eigenvalue weighted by Crippen LogP contribution is -2.48. The molecule has 6 nitrogen and oxygen atoms in total. The van der Waals surface area contributed by atoms with Crippen LogP contribution in [0.1, 0.15) is 15.9 Å². The number of benzene rings is 1. The molecule has 114 valence electrons. The topological polar surface area (TPSA) is 91.3 Å². The molecule has 2 amide bonds. The maximum Gasteiger partial charge on any atom is 0.252 e. The monoisotopic (exact) mass is 299 g/mol. The average Bonchev–Trinajstić information content (AvgIpc) is 2.59. The second-order valence-corrected chi connectivity index (χ2v) is 4.65. The van der Waals surface area contributed by atoms with E-state index >= 15 is 0 Å². The van der Waals surface area contributed by atoms with Crippen molar-refractivity contribution in [2.24, 2.45) is 0 Å². The highest BCUT2D eigenvalue weighted by atomic mass is 16.3. The molecule has 0 saturated heterocycles. The van der Waals surface area contributed by atoms with Crippen LogP contribution < -0.4 is 10.6 Å². The summed E-state index contributed by atoms with van der Waals surface area (Å²) in [4.78, 5) is 27.8. The summed E-state index contributed by atoms with van der Waals surface area (Å²) in [7, 11) is 0. The van der Waals surface area contributed by atoms with Gasteiger partial charge in [0.2, 0.25) is 5.91 Å². The Hall–Kier alpha value is -2.73. The van der Waals surface area contributed by atoms with Crippen LogP contribution in [0, 0.1) is 0 Å². The van der Waals surface area contributed by atoms with Gasteiger partial charge in [0.05, 0.1) is 6.61 Å². The lowest BCUT2D eigenvalue weighted by atomic mass is 10.2. The van der Waals surface area contributed by atoms with Crippen LogP contribution in [0.25, 0.3) is 0 Å². The molecule has 0 fully saturated rings. The number of carbonyl (C=O) groups is 2. The van der Waals surface area contributed by atoms with Crippen LogP contribution >= 0.6 is 0 Å². The van der Waals surface area contributed by atoms with Crippen LogP contribution in [0.15, 0.2) is 54.9 Å². The SMILES string of the molecule is O=C(NC(CO)C(=O)NCc1ccccc1)c1ccncc1. The molecule has 1 heterocycles. The first-order valence-corrected chi connectivity index (χ1v) is 6.84. The van der Waals surface area contributed by atoms with Crippen molar-refractivity contribution >= 4 is 11.8 Å². The zero-order valence-corrected chi connectivity index (χ0v) is 11.9. The zero-order valence-electron chi connectivity index (χ0n) is 11.9. The van der Waals surface area contributed by atoms with Gasteiger partial charge in [-0.15, -0.1) is 0 Å². The predicted octanol–water partition coefficient (Wildman–Crippen LogP) is 0.489. The van der Waals surface area contributed by atoms with Crippen molar-refractivity contribution in [3.63, 3.8) is 0 Å². The average molecular weight is 299 g/mol. The summed E-state index contributed by atoms with van der Waals surface area (Å²) < 4.78 is 0. The van der Waals surface area contributed by atoms with Crippen molar-refractivity contribution in [2.45, 2.75) is 12.6 Å². The van der Waals surface area contributed by atoms with Gasteiger partial charge in [0.15, 0.2) is 0 Å². The summed E-state index contributed by atoms with van der Waals surface area (Å²) in [6, 6.07) is 11.5. The first-order chi connectivity index (χ1) is 10.7. The van der Waals surface area contributed by atoms with Crippen LogP contribution in [0.3, 0.4) is 0 Å². The molecular weight excluding hydrogens is 282 g/mol. The molecule has 6 heteroatoms. The molecule has 0 aliphatic rings. The summed E-state index contributed by atoms with van der Waals surface area (Å²) in [6.45, 7) is -0.140. The number of rotatable bonds is 6. The summed E-state index contributed by atoms with van der Waals surface area (Å²) in [5, 5.41) is 14.5. The van der Waals surface area contributed by atoms with Crippen LogP contribution in [0.4, 0.5) is 0 Å². The van der Waals surface area contributed by atoms with Gasteiger partial charge >= 0.3 is 0 Å². The standard InChI is InChI=1S/C16H17N3O3/c20-11-14(19-15(21)13-6-8-17-9-7-13)16(22)18-10-12-4-2-1-3-5-12/h1-9,14,20H,10-11H2,(H,18,22)(H,19,21). The molecule has 1 aromatic heterocycles. The number of hydrogen-bond donors (Lipinski definition) is 3. The van der Waals surface area contributed by atoms with Gasteiger partial charge in [0.1, 0.15) is 6.04 Å². The van der Waals surface area contributed by atoms with Crippen molar-refractivity contribution in [3.05, 3.63) is 66.0 Å². The third-order valence-electron chi connectivity index (χ3n) is 3.06. The van der Waals surface area contributed by atoms with E-state index in [1.807, 2.05) is 30.3 Å². The molecule has 0 spiro atoms. The predicted molar refractivity (Wildman–Crippen MR) is 80.9 cm³/mol. The number of carbonyl (C=O) groups excluding carboxylic acids is 2. The van der Waals surface area contributed by atoms with E-state index in [-0.39, 0.29) is 0 Å². The molecule has 2 aromatic rings. The van der Waals surface area contributed by atoms with Crippen molar-refractivity contribution in [1.29, 1.82) is 0 Å². The number of pyridine rings is 1. The van der Waals surface area contributed by atoms with E-state index in [0.29, 0.717) is 12.1 Å². The Morgan fingerprint density at radius 2 is 1.77 bits per heavy atom. The number of aliphatic hydroxyl groups is 1. The quantitative estimate of drug-likeness (QED) is 0.724. The Kier molecular flexibility index (Phi) is 5.62. The Morgan fingerprint density at radius 3 is 2.41 bits per heavy atom. The molecule has 0 saturated carbocycles. The van der Waals surface area contributed by atoms with E-state index in [9.17, 15) is 14.7 Å². The maximum absolute atomic E-state index is 12.0. The first-order valence-electron chi connectivity index (χ1n) is 6.84. The van der Waals surface area contributed by atoms with E-state index in [4.69, 9.17) is 0 Å². The minimum absolute atomic E-state index is 0.335. The highest BCUT2D eigenvalue weighted by Gasteiger charge is 2.20. The Bertz CT molecular complexity index is 617. The van der Waals surface area contributed by atoms with Crippen LogP contribution in [-0.4, -0.2) is 34.6 Å². The third kappa shape index (κ3) is 4.39. The fraction of sp³-hybridized carbons (Fsp3) is 0.188. The molecule has 0 bridgehead atoms. The van der Waals surface area contributed by atoms with Crippen molar-refractivity contribution in [2.75, 3.05) is 6.61 Å². The molecule has 1 aromatic carbocycles. The Morgan fingerprint density at radius 1 is 1.09 bits per heavy atom. The smallest absolute Gasteiger partial charge is 0.252 e. The third-order valence-corrected chi connectivity index (χ3v) is 3.06. The first kappa shape index (κ1) is 15.7. The number of aromatic nitrogens is 1. The van der Waals surface area contributed by atoms with Gasteiger partial charge in [-0.1, -0.05) is 30.3 Å². The largest absolute Gasteiger partial charge is 0.394 e.